The molecule has 2 aromatic rings. The van der Waals surface area contributed by atoms with E-state index >= 15 is 0 Å². The third-order valence-corrected chi connectivity index (χ3v) is 6.08. The van der Waals surface area contributed by atoms with Gasteiger partial charge in [-0.25, -0.2) is 14.2 Å². The molecule has 1 aliphatic heterocycles. The number of nitrogens with zero attached hydrogens (tertiary/aromatic N) is 3. The largest absolute Gasteiger partial charge is 0.477 e. The Morgan fingerprint density at radius 2 is 2.00 bits per heavy atom. The molecule has 8 heteroatoms. The van der Waals surface area contributed by atoms with Gasteiger partial charge in [-0.1, -0.05) is 0 Å². The number of aromatic nitrogens is 2. The maximum absolute atomic E-state index is 14.7. The molecule has 3 heterocycles. The van der Waals surface area contributed by atoms with Gasteiger partial charge < -0.3 is 19.9 Å². The van der Waals surface area contributed by atoms with Crippen LogP contribution in [0.2, 0.25) is 0 Å². The van der Waals surface area contributed by atoms with E-state index in [1.54, 1.807) is 0 Å². The molecule has 0 spiro atoms. The Labute approximate surface area is 148 Å². The molecule has 3 aliphatic carbocycles. The van der Waals surface area contributed by atoms with Gasteiger partial charge in [0.2, 0.25) is 5.43 Å². The van der Waals surface area contributed by atoms with Crippen LogP contribution in [0.3, 0.4) is 0 Å². The van der Waals surface area contributed by atoms with Gasteiger partial charge in [-0.3, -0.25) is 4.79 Å². The number of hydrogen-bond acceptors (Lipinski definition) is 5. The van der Waals surface area contributed by atoms with Crippen molar-refractivity contribution in [1.29, 1.82) is 0 Å². The molecule has 2 N–H and O–H groups in total. The average Bonchev–Trinajstić information content (AvgIpc) is 2.54. The van der Waals surface area contributed by atoms with Gasteiger partial charge in [0.15, 0.2) is 11.6 Å². The summed E-state index contributed by atoms with van der Waals surface area (Å²) in [5.41, 5.74) is -0.758. The molecule has 0 atom stereocenters. The van der Waals surface area contributed by atoms with Gasteiger partial charge in [-0.2, -0.15) is 0 Å². The van der Waals surface area contributed by atoms with Crippen molar-refractivity contribution in [2.24, 2.45) is 5.92 Å². The van der Waals surface area contributed by atoms with Crippen molar-refractivity contribution in [1.82, 2.24) is 14.9 Å². The normalized spacial score (nSPS) is 27.1. The number of carbonyl (C=O) groups is 1. The maximum Gasteiger partial charge on any atom is 0.341 e. The molecule has 0 aromatic carbocycles. The summed E-state index contributed by atoms with van der Waals surface area (Å²) in [5, 5.41) is 12.7. The number of rotatable bonds is 3. The summed E-state index contributed by atoms with van der Waals surface area (Å²) in [6.45, 7) is 2.77. The topological polar surface area (TPSA) is 87.5 Å². The predicted molar refractivity (Wildman–Crippen MR) is 93.3 cm³/mol. The highest BCUT2D eigenvalue weighted by Gasteiger charge is 2.58. The van der Waals surface area contributed by atoms with Crippen LogP contribution in [0, 0.1) is 11.7 Å². The van der Waals surface area contributed by atoms with Crippen molar-refractivity contribution in [2.75, 3.05) is 31.1 Å². The average molecular weight is 358 g/mol. The zero-order valence-electron chi connectivity index (χ0n) is 14.2. The summed E-state index contributed by atoms with van der Waals surface area (Å²) in [4.78, 5) is 30.5. The molecular formula is C18H19FN4O3. The van der Waals surface area contributed by atoms with Gasteiger partial charge in [-0.05, 0) is 31.2 Å². The van der Waals surface area contributed by atoms with Gasteiger partial charge in [0.25, 0.3) is 0 Å². The van der Waals surface area contributed by atoms with Crippen LogP contribution in [0.1, 0.15) is 29.6 Å². The number of carboxylic acid groups (broad SMARTS) is 1. The zero-order chi connectivity index (χ0) is 18.1. The Hall–Kier alpha value is -2.48. The quantitative estimate of drug-likeness (QED) is 0.856. The second kappa shape index (κ2) is 5.26. The van der Waals surface area contributed by atoms with Crippen LogP contribution in [-0.4, -0.2) is 46.8 Å². The van der Waals surface area contributed by atoms with Crippen LogP contribution >= 0.6 is 0 Å². The highest BCUT2D eigenvalue weighted by Crippen LogP contribution is 2.62. The van der Waals surface area contributed by atoms with Gasteiger partial charge in [0.1, 0.15) is 11.2 Å². The molecule has 1 saturated heterocycles. The highest BCUT2D eigenvalue weighted by atomic mass is 19.1. The lowest BCUT2D eigenvalue weighted by Crippen LogP contribution is -2.59. The number of carboxylic acids is 1. The van der Waals surface area contributed by atoms with E-state index in [-0.39, 0.29) is 22.3 Å². The Kier molecular flexibility index (Phi) is 3.19. The third kappa shape index (κ3) is 2.05. The van der Waals surface area contributed by atoms with E-state index < -0.39 is 17.2 Å². The number of hydrogen-bond donors (Lipinski definition) is 2. The van der Waals surface area contributed by atoms with E-state index in [4.69, 9.17) is 0 Å². The van der Waals surface area contributed by atoms with Crippen molar-refractivity contribution >= 4 is 22.8 Å². The molecule has 6 rings (SSSR count). The van der Waals surface area contributed by atoms with Gasteiger partial charge in [0.05, 0.1) is 5.39 Å². The summed E-state index contributed by atoms with van der Waals surface area (Å²) in [6.07, 6.45) is 4.30. The van der Waals surface area contributed by atoms with E-state index in [0.717, 1.165) is 38.4 Å². The summed E-state index contributed by atoms with van der Waals surface area (Å²) in [5.74, 6) is -0.959. The molecule has 0 radical (unpaired) electrons. The minimum atomic E-state index is -1.29. The molecule has 4 aliphatic rings. The molecule has 0 amide bonds. The Morgan fingerprint density at radius 3 is 2.58 bits per heavy atom. The van der Waals surface area contributed by atoms with Crippen LogP contribution in [0.5, 0.6) is 0 Å². The van der Waals surface area contributed by atoms with Crippen molar-refractivity contribution in [3.8, 4) is 0 Å². The van der Waals surface area contributed by atoms with Crippen LogP contribution in [0.15, 0.2) is 17.1 Å². The number of halogens is 1. The first kappa shape index (κ1) is 15.7. The van der Waals surface area contributed by atoms with Crippen LogP contribution < -0.4 is 15.6 Å². The summed E-state index contributed by atoms with van der Waals surface area (Å²) < 4.78 is 16.6. The molecule has 2 aromatic heterocycles. The fraction of sp³-hybridized carbons (Fsp3) is 0.500. The van der Waals surface area contributed by atoms with Crippen molar-refractivity contribution in [3.05, 3.63) is 33.9 Å². The van der Waals surface area contributed by atoms with Crippen molar-refractivity contribution in [2.45, 2.75) is 24.8 Å². The van der Waals surface area contributed by atoms with Crippen molar-refractivity contribution in [3.63, 3.8) is 0 Å². The Morgan fingerprint density at radius 1 is 1.31 bits per heavy atom. The lowest BCUT2D eigenvalue weighted by atomic mass is 9.49. The fourth-order valence-corrected chi connectivity index (χ4v) is 4.55. The van der Waals surface area contributed by atoms with Gasteiger partial charge in [0, 0.05) is 37.9 Å². The lowest BCUT2D eigenvalue weighted by Gasteiger charge is -2.62. The van der Waals surface area contributed by atoms with Crippen LogP contribution in [-0.2, 0) is 5.54 Å². The smallest absolute Gasteiger partial charge is 0.341 e. The summed E-state index contributed by atoms with van der Waals surface area (Å²) in [6, 6.07) is 1.16. The number of nitrogens with one attached hydrogen (secondary N) is 1. The Bertz CT molecular complexity index is 979. The first-order chi connectivity index (χ1) is 12.5. The third-order valence-electron chi connectivity index (χ3n) is 6.08. The second-order valence-corrected chi connectivity index (χ2v) is 7.65. The zero-order valence-corrected chi connectivity index (χ0v) is 14.2. The van der Waals surface area contributed by atoms with E-state index in [1.807, 2.05) is 9.47 Å². The summed E-state index contributed by atoms with van der Waals surface area (Å²) >= 11 is 0. The first-order valence-electron chi connectivity index (χ1n) is 8.94. The maximum atomic E-state index is 14.7. The molecular weight excluding hydrogens is 339 g/mol. The molecule has 4 fully saturated rings. The fourth-order valence-electron chi connectivity index (χ4n) is 4.55. The molecule has 2 bridgehead atoms. The number of aromatic carboxylic acids is 1. The lowest BCUT2D eigenvalue weighted by molar-refractivity contribution is -0.0864. The first-order valence-corrected chi connectivity index (χ1v) is 8.94. The van der Waals surface area contributed by atoms with E-state index in [2.05, 4.69) is 10.3 Å². The van der Waals surface area contributed by atoms with Crippen LogP contribution in [0.25, 0.3) is 11.0 Å². The van der Waals surface area contributed by atoms with E-state index in [0.29, 0.717) is 24.7 Å². The number of anilines is 1. The summed E-state index contributed by atoms with van der Waals surface area (Å²) in [7, 11) is 0. The van der Waals surface area contributed by atoms with Gasteiger partial charge >= 0.3 is 5.97 Å². The molecule has 136 valence electrons. The number of piperazine rings is 1. The number of pyridine rings is 2. The monoisotopic (exact) mass is 358 g/mol. The van der Waals surface area contributed by atoms with Gasteiger partial charge in [-0.15, -0.1) is 0 Å². The molecule has 3 saturated carbocycles. The van der Waals surface area contributed by atoms with E-state index in [1.165, 1.54) is 6.20 Å². The van der Waals surface area contributed by atoms with Crippen molar-refractivity contribution < 1.29 is 14.3 Å². The molecule has 26 heavy (non-hydrogen) atoms. The predicted octanol–water partition coefficient (Wildman–Crippen LogP) is 1.15. The minimum absolute atomic E-state index is 0.0472. The number of fused-ring (bicyclic) bond motifs is 1. The SMILES string of the molecule is O=C(O)c1cn(C23CC(C2)C3)c2nc(N3CCNCC3)c(F)cc2c1=O. The second-order valence-electron chi connectivity index (χ2n) is 7.65. The minimum Gasteiger partial charge on any atom is -0.477 e. The van der Waals surface area contributed by atoms with E-state index in [9.17, 15) is 19.1 Å². The molecule has 7 nitrogen and oxygen atoms in total. The van der Waals surface area contributed by atoms with Crippen LogP contribution in [0.4, 0.5) is 10.2 Å². The Balaban J connectivity index is 1.75. The standard InChI is InChI=1S/C18H19FN4O3/c19-13-5-11-14(24)12(17(25)26)9-23(18-6-10(7-18)8-18)15(11)21-16(13)22-3-1-20-2-4-22/h5,9-10,20H,1-4,6-8H2,(H,25,26). The molecule has 0 unspecified atom stereocenters. The highest BCUT2D eigenvalue weighted by molar-refractivity contribution is 5.92.